The van der Waals surface area contributed by atoms with Gasteiger partial charge in [-0.25, -0.2) is 9.97 Å². The second-order valence-electron chi connectivity index (χ2n) is 3.93. The van der Waals surface area contributed by atoms with E-state index in [-0.39, 0.29) is 0 Å². The first-order chi connectivity index (χ1) is 8.63. The van der Waals surface area contributed by atoms with Crippen molar-refractivity contribution in [3.63, 3.8) is 0 Å². The van der Waals surface area contributed by atoms with Crippen LogP contribution in [0.3, 0.4) is 0 Å². The average molecular weight is 308 g/mol. The van der Waals surface area contributed by atoms with Crippen molar-refractivity contribution in [1.82, 2.24) is 9.97 Å². The van der Waals surface area contributed by atoms with Crippen LogP contribution in [0.25, 0.3) is 0 Å². The maximum Gasteiger partial charge on any atom is 0.148 e. The molecule has 0 amide bonds. The third-order valence-corrected chi connectivity index (χ3v) is 3.33. The van der Waals surface area contributed by atoms with E-state index in [4.69, 9.17) is 4.74 Å². The topological polar surface area (TPSA) is 47.0 Å². The number of methoxy groups -OCH3 is 1. The van der Waals surface area contributed by atoms with Gasteiger partial charge in [0.05, 0.1) is 11.6 Å². The molecule has 0 aliphatic carbocycles. The van der Waals surface area contributed by atoms with E-state index >= 15 is 0 Å². The Morgan fingerprint density at radius 3 is 2.72 bits per heavy atom. The Bertz CT molecular complexity index is 572. The fraction of sp³-hybridized carbons (Fsp3) is 0.231. The first-order valence-corrected chi connectivity index (χ1v) is 6.29. The van der Waals surface area contributed by atoms with Crippen molar-refractivity contribution in [3.05, 3.63) is 40.3 Å². The molecule has 0 atom stereocenters. The zero-order valence-electron chi connectivity index (χ0n) is 10.5. The van der Waals surface area contributed by atoms with Gasteiger partial charge in [-0.05, 0) is 41.4 Å². The van der Waals surface area contributed by atoms with Gasteiger partial charge in [0.2, 0.25) is 0 Å². The first-order valence-electron chi connectivity index (χ1n) is 5.50. The lowest BCUT2D eigenvalue weighted by Gasteiger charge is -2.15. The average Bonchev–Trinajstić information content (AvgIpc) is 2.37. The van der Waals surface area contributed by atoms with E-state index in [0.717, 1.165) is 32.9 Å². The summed E-state index contributed by atoms with van der Waals surface area (Å²) in [5, 5.41) is 3.31. The van der Waals surface area contributed by atoms with Gasteiger partial charge in [0.1, 0.15) is 17.9 Å². The van der Waals surface area contributed by atoms with Gasteiger partial charge in [0.25, 0.3) is 0 Å². The summed E-state index contributed by atoms with van der Waals surface area (Å²) in [6.07, 6.45) is 3.22. The van der Waals surface area contributed by atoms with Crippen LogP contribution in [0, 0.1) is 13.8 Å². The molecule has 0 spiro atoms. The zero-order chi connectivity index (χ0) is 13.1. The Hall–Kier alpha value is -1.62. The number of ether oxygens (including phenoxy) is 1. The second-order valence-corrected chi connectivity index (χ2v) is 4.78. The maximum atomic E-state index is 5.32. The summed E-state index contributed by atoms with van der Waals surface area (Å²) < 4.78 is 6.15. The van der Waals surface area contributed by atoms with E-state index in [1.54, 1.807) is 13.3 Å². The fourth-order valence-corrected chi connectivity index (χ4v) is 2.08. The molecule has 0 bridgehead atoms. The molecule has 2 rings (SSSR count). The predicted molar refractivity (Wildman–Crippen MR) is 75.5 cm³/mol. The van der Waals surface area contributed by atoms with E-state index in [0.29, 0.717) is 0 Å². The Labute approximate surface area is 115 Å². The summed E-state index contributed by atoms with van der Waals surface area (Å²) in [6, 6.07) is 3.98. The molecule has 1 aromatic heterocycles. The van der Waals surface area contributed by atoms with Crippen molar-refractivity contribution in [2.75, 3.05) is 12.4 Å². The van der Waals surface area contributed by atoms with Gasteiger partial charge in [0.15, 0.2) is 0 Å². The van der Waals surface area contributed by atoms with Crippen LogP contribution in [0.4, 0.5) is 11.5 Å². The molecule has 0 radical (unpaired) electrons. The van der Waals surface area contributed by atoms with Crippen LogP contribution < -0.4 is 10.1 Å². The molecule has 0 fully saturated rings. The summed E-state index contributed by atoms with van der Waals surface area (Å²) in [7, 11) is 1.67. The summed E-state index contributed by atoms with van der Waals surface area (Å²) >= 11 is 3.42. The van der Waals surface area contributed by atoms with Crippen molar-refractivity contribution in [2.24, 2.45) is 0 Å². The van der Waals surface area contributed by atoms with E-state index in [9.17, 15) is 0 Å². The highest BCUT2D eigenvalue weighted by atomic mass is 79.9. The Morgan fingerprint density at radius 2 is 2.06 bits per heavy atom. The number of nitrogens with zero attached hydrogens (tertiary/aromatic N) is 2. The van der Waals surface area contributed by atoms with Gasteiger partial charge in [-0.1, -0.05) is 6.07 Å². The molecule has 2 aromatic rings. The maximum absolute atomic E-state index is 5.32. The smallest absolute Gasteiger partial charge is 0.148 e. The zero-order valence-corrected chi connectivity index (χ0v) is 12.1. The predicted octanol–water partition coefficient (Wildman–Crippen LogP) is 3.61. The normalized spacial score (nSPS) is 10.2. The molecule has 0 unspecified atom stereocenters. The Kier molecular flexibility index (Phi) is 3.81. The minimum absolute atomic E-state index is 0.740. The number of aromatic nitrogens is 2. The molecule has 5 heteroatoms. The van der Waals surface area contributed by atoms with E-state index in [2.05, 4.69) is 31.2 Å². The molecule has 0 saturated carbocycles. The van der Waals surface area contributed by atoms with Crippen molar-refractivity contribution >= 4 is 27.4 Å². The SMILES string of the molecule is COc1ccc(C)c(Nc2ncncc2Br)c1C. The first kappa shape index (κ1) is 12.8. The number of benzene rings is 1. The quantitative estimate of drug-likeness (QED) is 0.941. The third-order valence-electron chi connectivity index (χ3n) is 2.75. The Balaban J connectivity index is 2.43. The summed E-state index contributed by atoms with van der Waals surface area (Å²) in [5.74, 6) is 1.60. The number of halogens is 1. The molecule has 4 nitrogen and oxygen atoms in total. The number of hydrogen-bond donors (Lipinski definition) is 1. The van der Waals surface area contributed by atoms with Gasteiger partial charge in [-0.15, -0.1) is 0 Å². The van der Waals surface area contributed by atoms with E-state index in [1.165, 1.54) is 6.33 Å². The lowest BCUT2D eigenvalue weighted by atomic mass is 10.1. The molecule has 1 aromatic carbocycles. The number of aryl methyl sites for hydroxylation is 1. The van der Waals surface area contributed by atoms with Gasteiger partial charge in [-0.3, -0.25) is 0 Å². The highest BCUT2D eigenvalue weighted by Crippen LogP contribution is 2.32. The molecule has 1 heterocycles. The summed E-state index contributed by atoms with van der Waals surface area (Å²) in [6.45, 7) is 4.06. The van der Waals surface area contributed by atoms with Crippen molar-refractivity contribution < 1.29 is 4.74 Å². The minimum atomic E-state index is 0.740. The van der Waals surface area contributed by atoms with Crippen LogP contribution in [-0.2, 0) is 0 Å². The number of hydrogen-bond acceptors (Lipinski definition) is 4. The molecular formula is C13H14BrN3O. The van der Waals surface area contributed by atoms with Crippen molar-refractivity contribution in [2.45, 2.75) is 13.8 Å². The largest absolute Gasteiger partial charge is 0.496 e. The molecular weight excluding hydrogens is 294 g/mol. The number of anilines is 2. The van der Waals surface area contributed by atoms with Crippen LogP contribution >= 0.6 is 15.9 Å². The van der Waals surface area contributed by atoms with E-state index < -0.39 is 0 Å². The lowest BCUT2D eigenvalue weighted by Crippen LogP contribution is -2.01. The summed E-state index contributed by atoms with van der Waals surface area (Å²) in [4.78, 5) is 8.14. The lowest BCUT2D eigenvalue weighted by molar-refractivity contribution is 0.412. The van der Waals surface area contributed by atoms with Crippen molar-refractivity contribution in [3.8, 4) is 5.75 Å². The number of nitrogens with one attached hydrogen (secondary N) is 1. The molecule has 18 heavy (non-hydrogen) atoms. The summed E-state index contributed by atoms with van der Waals surface area (Å²) in [5.41, 5.74) is 3.20. The molecule has 1 N–H and O–H groups in total. The van der Waals surface area contributed by atoms with Crippen LogP contribution in [0.15, 0.2) is 29.1 Å². The molecule has 0 aliphatic heterocycles. The number of rotatable bonds is 3. The Morgan fingerprint density at radius 1 is 1.28 bits per heavy atom. The molecule has 0 aliphatic rings. The van der Waals surface area contributed by atoms with Crippen LogP contribution in [-0.4, -0.2) is 17.1 Å². The third kappa shape index (κ3) is 2.46. The molecule has 94 valence electrons. The van der Waals surface area contributed by atoms with Crippen LogP contribution in [0.1, 0.15) is 11.1 Å². The minimum Gasteiger partial charge on any atom is -0.496 e. The van der Waals surface area contributed by atoms with Gasteiger partial charge < -0.3 is 10.1 Å². The van der Waals surface area contributed by atoms with Crippen LogP contribution in [0.5, 0.6) is 5.75 Å². The second kappa shape index (κ2) is 5.35. The fourth-order valence-electron chi connectivity index (χ4n) is 1.76. The highest BCUT2D eigenvalue weighted by Gasteiger charge is 2.10. The van der Waals surface area contributed by atoms with Gasteiger partial charge in [0, 0.05) is 17.4 Å². The van der Waals surface area contributed by atoms with Crippen molar-refractivity contribution in [1.29, 1.82) is 0 Å². The van der Waals surface area contributed by atoms with E-state index in [1.807, 2.05) is 26.0 Å². The monoisotopic (exact) mass is 307 g/mol. The molecule has 0 saturated heterocycles. The van der Waals surface area contributed by atoms with Gasteiger partial charge >= 0.3 is 0 Å². The van der Waals surface area contributed by atoms with Crippen LogP contribution in [0.2, 0.25) is 0 Å². The standard InChI is InChI=1S/C13H14BrN3O/c1-8-4-5-11(18-3)9(2)12(8)17-13-10(14)6-15-7-16-13/h4-7H,1-3H3,(H,15,16,17). The van der Waals surface area contributed by atoms with Gasteiger partial charge in [-0.2, -0.15) is 0 Å². The highest BCUT2D eigenvalue weighted by molar-refractivity contribution is 9.10.